The summed E-state index contributed by atoms with van der Waals surface area (Å²) in [5.41, 5.74) is 2.23. The van der Waals surface area contributed by atoms with E-state index >= 15 is 0 Å². The van der Waals surface area contributed by atoms with Crippen LogP contribution in [0.3, 0.4) is 0 Å². The third kappa shape index (κ3) is 1.77. The molecule has 0 aliphatic carbocycles. The topological polar surface area (TPSA) is 86.5 Å². The number of aromatic nitrogens is 3. The van der Waals surface area contributed by atoms with Crippen molar-refractivity contribution in [1.82, 2.24) is 15.3 Å². The molecule has 94 valence electrons. The fourth-order valence-corrected chi connectivity index (χ4v) is 1.74. The molecular weight excluding hydrogens is 236 g/mol. The average Bonchev–Trinajstić information content (AvgIpc) is 3.10. The second-order valence-corrected chi connectivity index (χ2v) is 4.31. The largest absolute Gasteiger partial charge is 0.395 e. The number of rotatable bonds is 3. The first-order valence-corrected chi connectivity index (χ1v) is 5.73. The highest BCUT2D eigenvalue weighted by molar-refractivity contribution is 5.97. The standard InChI is InChI=1S/C11H12N4O3/c1-6(2)9-7(5-17-14-9)11-12-10(15-18-11)8-3-4-16-13-8/h5-6H,3-4H2,1-2H3. The molecule has 2 aromatic heterocycles. The van der Waals surface area contributed by atoms with E-state index in [2.05, 4.69) is 20.5 Å². The highest BCUT2D eigenvalue weighted by atomic mass is 16.6. The van der Waals surface area contributed by atoms with Crippen molar-refractivity contribution in [3.8, 4) is 11.5 Å². The molecule has 0 radical (unpaired) electrons. The zero-order chi connectivity index (χ0) is 12.5. The molecule has 0 saturated heterocycles. The molecule has 0 saturated carbocycles. The first kappa shape index (κ1) is 10.9. The fraction of sp³-hybridized carbons (Fsp3) is 0.455. The summed E-state index contributed by atoms with van der Waals surface area (Å²) < 4.78 is 10.2. The van der Waals surface area contributed by atoms with Gasteiger partial charge in [-0.1, -0.05) is 29.3 Å². The summed E-state index contributed by atoms with van der Waals surface area (Å²) in [4.78, 5) is 9.20. The van der Waals surface area contributed by atoms with E-state index < -0.39 is 0 Å². The highest BCUT2D eigenvalue weighted by Crippen LogP contribution is 2.27. The molecule has 0 unspecified atom stereocenters. The molecule has 0 amide bonds. The average molecular weight is 248 g/mol. The van der Waals surface area contributed by atoms with Gasteiger partial charge in [-0.15, -0.1) is 0 Å². The van der Waals surface area contributed by atoms with Gasteiger partial charge >= 0.3 is 0 Å². The summed E-state index contributed by atoms with van der Waals surface area (Å²) >= 11 is 0. The van der Waals surface area contributed by atoms with Gasteiger partial charge in [0.05, 0.1) is 5.69 Å². The van der Waals surface area contributed by atoms with E-state index in [9.17, 15) is 0 Å². The van der Waals surface area contributed by atoms with Gasteiger partial charge in [-0.05, 0) is 5.92 Å². The number of oxime groups is 1. The Morgan fingerprint density at radius 1 is 1.28 bits per heavy atom. The van der Waals surface area contributed by atoms with Crippen molar-refractivity contribution in [2.24, 2.45) is 5.16 Å². The Labute approximate surface area is 103 Å². The zero-order valence-electron chi connectivity index (χ0n) is 10.1. The summed E-state index contributed by atoms with van der Waals surface area (Å²) in [5, 5.41) is 11.7. The van der Waals surface area contributed by atoms with Crippen molar-refractivity contribution in [3.05, 3.63) is 17.8 Å². The Morgan fingerprint density at radius 2 is 2.17 bits per heavy atom. The second-order valence-electron chi connectivity index (χ2n) is 4.31. The molecular formula is C11H12N4O3. The van der Waals surface area contributed by atoms with Crippen LogP contribution in [0.1, 0.15) is 37.7 Å². The number of hydrogen-bond acceptors (Lipinski definition) is 7. The monoisotopic (exact) mass is 248 g/mol. The third-order valence-corrected chi connectivity index (χ3v) is 2.66. The molecule has 0 bridgehead atoms. The summed E-state index contributed by atoms with van der Waals surface area (Å²) in [7, 11) is 0. The van der Waals surface area contributed by atoms with Gasteiger partial charge in [0, 0.05) is 6.42 Å². The molecule has 0 aromatic carbocycles. The first-order chi connectivity index (χ1) is 8.75. The van der Waals surface area contributed by atoms with Gasteiger partial charge in [0.2, 0.25) is 5.82 Å². The third-order valence-electron chi connectivity index (χ3n) is 2.66. The summed E-state index contributed by atoms with van der Waals surface area (Å²) in [6, 6.07) is 0. The molecule has 0 N–H and O–H groups in total. The van der Waals surface area contributed by atoms with Crippen molar-refractivity contribution >= 4 is 5.71 Å². The minimum atomic E-state index is 0.223. The maximum atomic E-state index is 5.21. The van der Waals surface area contributed by atoms with Gasteiger partial charge < -0.3 is 13.9 Å². The summed E-state index contributed by atoms with van der Waals surface area (Å²) in [6.07, 6.45) is 2.21. The van der Waals surface area contributed by atoms with Gasteiger partial charge in [0.1, 0.15) is 24.1 Å². The highest BCUT2D eigenvalue weighted by Gasteiger charge is 2.22. The van der Waals surface area contributed by atoms with Crippen LogP contribution < -0.4 is 0 Å². The van der Waals surface area contributed by atoms with E-state index in [0.29, 0.717) is 30.5 Å². The van der Waals surface area contributed by atoms with Crippen molar-refractivity contribution < 1.29 is 13.9 Å². The SMILES string of the molecule is CC(C)c1nocc1-c1nc(C2=NOCC2)no1. The van der Waals surface area contributed by atoms with Gasteiger partial charge in [0.25, 0.3) is 5.89 Å². The maximum absolute atomic E-state index is 5.21. The molecule has 7 heteroatoms. The normalized spacial score (nSPS) is 14.9. The van der Waals surface area contributed by atoms with Crippen LogP contribution in [0.25, 0.3) is 11.5 Å². The van der Waals surface area contributed by atoms with Crippen LogP contribution in [0, 0.1) is 0 Å². The lowest BCUT2D eigenvalue weighted by Gasteiger charge is -1.98. The van der Waals surface area contributed by atoms with E-state index in [1.807, 2.05) is 13.8 Å². The van der Waals surface area contributed by atoms with Crippen LogP contribution in [0.5, 0.6) is 0 Å². The summed E-state index contributed by atoms with van der Waals surface area (Å²) in [5.74, 6) is 1.07. The summed E-state index contributed by atoms with van der Waals surface area (Å²) in [6.45, 7) is 4.60. The molecule has 1 aliphatic heterocycles. The van der Waals surface area contributed by atoms with Crippen LogP contribution in [-0.4, -0.2) is 27.6 Å². The van der Waals surface area contributed by atoms with Gasteiger partial charge in [-0.3, -0.25) is 0 Å². The van der Waals surface area contributed by atoms with Crippen molar-refractivity contribution in [1.29, 1.82) is 0 Å². The minimum Gasteiger partial charge on any atom is -0.395 e. The van der Waals surface area contributed by atoms with Crippen molar-refractivity contribution in [3.63, 3.8) is 0 Å². The molecule has 3 heterocycles. The lowest BCUT2D eigenvalue weighted by atomic mass is 10.1. The molecule has 18 heavy (non-hydrogen) atoms. The lowest BCUT2D eigenvalue weighted by molar-refractivity contribution is 0.174. The Balaban J connectivity index is 1.95. The van der Waals surface area contributed by atoms with E-state index in [1.165, 1.54) is 6.26 Å². The Kier molecular flexibility index (Phi) is 2.58. The number of hydrogen-bond donors (Lipinski definition) is 0. The van der Waals surface area contributed by atoms with E-state index in [1.54, 1.807) is 0 Å². The molecule has 0 spiro atoms. The van der Waals surface area contributed by atoms with E-state index in [-0.39, 0.29) is 5.92 Å². The smallest absolute Gasteiger partial charge is 0.263 e. The fourth-order valence-electron chi connectivity index (χ4n) is 1.74. The Bertz CT molecular complexity index is 585. The predicted molar refractivity (Wildman–Crippen MR) is 61.0 cm³/mol. The predicted octanol–water partition coefficient (Wildman–Crippen LogP) is 1.97. The van der Waals surface area contributed by atoms with Crippen LogP contribution in [0.2, 0.25) is 0 Å². The van der Waals surface area contributed by atoms with Crippen molar-refractivity contribution in [2.45, 2.75) is 26.2 Å². The van der Waals surface area contributed by atoms with Crippen LogP contribution in [-0.2, 0) is 4.84 Å². The van der Waals surface area contributed by atoms with Crippen LogP contribution in [0.4, 0.5) is 0 Å². The molecule has 0 atom stereocenters. The molecule has 1 aliphatic rings. The Morgan fingerprint density at radius 3 is 2.89 bits per heavy atom. The first-order valence-electron chi connectivity index (χ1n) is 5.73. The minimum absolute atomic E-state index is 0.223. The van der Waals surface area contributed by atoms with Gasteiger partial charge in [0.15, 0.2) is 0 Å². The van der Waals surface area contributed by atoms with Gasteiger partial charge in [-0.2, -0.15) is 4.98 Å². The quantitative estimate of drug-likeness (QED) is 0.825. The van der Waals surface area contributed by atoms with Crippen LogP contribution >= 0.6 is 0 Å². The van der Waals surface area contributed by atoms with Gasteiger partial charge in [-0.25, -0.2) is 0 Å². The molecule has 0 fully saturated rings. The zero-order valence-corrected chi connectivity index (χ0v) is 10.1. The molecule has 2 aromatic rings. The molecule has 7 nitrogen and oxygen atoms in total. The number of nitrogens with zero attached hydrogens (tertiary/aromatic N) is 4. The van der Waals surface area contributed by atoms with Crippen molar-refractivity contribution in [2.75, 3.05) is 6.61 Å². The van der Waals surface area contributed by atoms with Crippen LogP contribution in [0.15, 0.2) is 20.5 Å². The second kappa shape index (κ2) is 4.25. The Hall–Kier alpha value is -2.18. The van der Waals surface area contributed by atoms with E-state index in [0.717, 1.165) is 11.3 Å². The lowest BCUT2D eigenvalue weighted by Crippen LogP contribution is -1.99. The maximum Gasteiger partial charge on any atom is 0.263 e. The molecule has 3 rings (SSSR count). The van der Waals surface area contributed by atoms with E-state index in [4.69, 9.17) is 13.9 Å².